The summed E-state index contributed by atoms with van der Waals surface area (Å²) in [6.07, 6.45) is 3.58. The van der Waals surface area contributed by atoms with E-state index in [2.05, 4.69) is 10.3 Å². The molecule has 1 amide bonds. The van der Waals surface area contributed by atoms with E-state index >= 15 is 0 Å². The van der Waals surface area contributed by atoms with Crippen molar-refractivity contribution in [3.8, 4) is 0 Å². The molecule has 3 rings (SSSR count). The molecule has 1 saturated carbocycles. The molecule has 0 atom stereocenters. The number of carbonyl (C=O) groups is 1. The SMILES string of the molecule is Nc1nc2ccc(C(=O)NCC3(O)CCCC3)cc2s1. The molecule has 5 nitrogen and oxygen atoms in total. The number of nitrogens with two attached hydrogens (primary N) is 1. The van der Waals surface area contributed by atoms with E-state index in [9.17, 15) is 9.90 Å². The number of carbonyl (C=O) groups excluding carboxylic acids is 1. The van der Waals surface area contributed by atoms with Gasteiger partial charge >= 0.3 is 0 Å². The first-order valence-corrected chi connectivity index (χ1v) is 7.54. The molecule has 1 fully saturated rings. The van der Waals surface area contributed by atoms with E-state index in [1.54, 1.807) is 18.2 Å². The zero-order valence-corrected chi connectivity index (χ0v) is 11.9. The number of fused-ring (bicyclic) bond motifs is 1. The van der Waals surface area contributed by atoms with Crippen molar-refractivity contribution in [2.24, 2.45) is 0 Å². The van der Waals surface area contributed by atoms with Gasteiger partial charge in [-0.05, 0) is 31.0 Å². The van der Waals surface area contributed by atoms with Crippen LogP contribution in [0.5, 0.6) is 0 Å². The number of nitrogens with zero attached hydrogens (tertiary/aromatic N) is 1. The number of benzene rings is 1. The average molecular weight is 291 g/mol. The largest absolute Gasteiger partial charge is 0.388 e. The van der Waals surface area contributed by atoms with Crippen LogP contribution < -0.4 is 11.1 Å². The molecule has 0 radical (unpaired) electrons. The summed E-state index contributed by atoms with van der Waals surface area (Å²) in [5.74, 6) is -0.167. The molecular weight excluding hydrogens is 274 g/mol. The van der Waals surface area contributed by atoms with Crippen LogP contribution in [0, 0.1) is 0 Å². The van der Waals surface area contributed by atoms with Gasteiger partial charge in [-0.15, -0.1) is 0 Å². The highest BCUT2D eigenvalue weighted by Gasteiger charge is 2.31. The van der Waals surface area contributed by atoms with Crippen LogP contribution in [-0.4, -0.2) is 28.1 Å². The molecule has 0 bridgehead atoms. The van der Waals surface area contributed by atoms with E-state index in [4.69, 9.17) is 5.73 Å². The Morgan fingerprint density at radius 3 is 2.95 bits per heavy atom. The molecular formula is C14H17N3O2S. The standard InChI is InChI=1S/C14H17N3O2S/c15-13-17-10-4-3-9(7-11(10)20-13)12(18)16-8-14(19)5-1-2-6-14/h3-4,7,19H,1-2,5-6,8H2,(H2,15,17)(H,16,18). The van der Waals surface area contributed by atoms with Crippen LogP contribution in [0.15, 0.2) is 18.2 Å². The van der Waals surface area contributed by atoms with Crippen molar-refractivity contribution in [3.05, 3.63) is 23.8 Å². The summed E-state index contributed by atoms with van der Waals surface area (Å²) >= 11 is 1.36. The van der Waals surface area contributed by atoms with E-state index in [0.717, 1.165) is 35.9 Å². The third kappa shape index (κ3) is 2.62. The van der Waals surface area contributed by atoms with Crippen molar-refractivity contribution in [2.45, 2.75) is 31.3 Å². The minimum absolute atomic E-state index is 0.167. The van der Waals surface area contributed by atoms with Crippen LogP contribution in [0.2, 0.25) is 0 Å². The van der Waals surface area contributed by atoms with Gasteiger partial charge in [-0.2, -0.15) is 0 Å². The minimum atomic E-state index is -0.728. The molecule has 1 aromatic carbocycles. The number of nitrogen functional groups attached to an aromatic ring is 1. The average Bonchev–Trinajstić information content (AvgIpc) is 3.00. The van der Waals surface area contributed by atoms with Gasteiger partial charge in [0.15, 0.2) is 5.13 Å². The fraction of sp³-hybridized carbons (Fsp3) is 0.429. The Kier molecular flexibility index (Phi) is 3.35. The Bertz CT molecular complexity index is 647. The van der Waals surface area contributed by atoms with E-state index in [1.165, 1.54) is 11.3 Å². The fourth-order valence-electron chi connectivity index (χ4n) is 2.64. The topological polar surface area (TPSA) is 88.2 Å². The first-order valence-electron chi connectivity index (χ1n) is 6.72. The van der Waals surface area contributed by atoms with Gasteiger partial charge in [0.25, 0.3) is 5.91 Å². The lowest BCUT2D eigenvalue weighted by Crippen LogP contribution is -2.40. The van der Waals surface area contributed by atoms with Crippen LogP contribution in [0.25, 0.3) is 10.2 Å². The minimum Gasteiger partial charge on any atom is -0.388 e. The molecule has 1 aromatic heterocycles. The molecule has 20 heavy (non-hydrogen) atoms. The molecule has 6 heteroatoms. The van der Waals surface area contributed by atoms with Gasteiger partial charge in [-0.25, -0.2) is 4.98 Å². The molecule has 2 aromatic rings. The van der Waals surface area contributed by atoms with Gasteiger partial charge in [0.05, 0.1) is 15.8 Å². The maximum atomic E-state index is 12.1. The zero-order chi connectivity index (χ0) is 14.2. The molecule has 0 aliphatic heterocycles. The molecule has 1 aliphatic rings. The van der Waals surface area contributed by atoms with Gasteiger partial charge in [0.1, 0.15) is 0 Å². The Hall–Kier alpha value is -1.66. The Labute approximate surface area is 120 Å². The summed E-state index contributed by atoms with van der Waals surface area (Å²) in [5, 5.41) is 13.5. The maximum Gasteiger partial charge on any atom is 0.251 e. The Balaban J connectivity index is 1.71. The molecule has 4 N–H and O–H groups in total. The third-order valence-electron chi connectivity index (χ3n) is 3.78. The highest BCUT2D eigenvalue weighted by atomic mass is 32.1. The number of hydrogen-bond donors (Lipinski definition) is 3. The Morgan fingerprint density at radius 2 is 2.20 bits per heavy atom. The number of amides is 1. The Morgan fingerprint density at radius 1 is 1.45 bits per heavy atom. The molecule has 0 unspecified atom stereocenters. The normalized spacial score (nSPS) is 17.4. The number of aromatic nitrogens is 1. The zero-order valence-electron chi connectivity index (χ0n) is 11.1. The fourth-order valence-corrected chi connectivity index (χ4v) is 3.41. The second-order valence-corrected chi connectivity index (χ2v) is 6.41. The van der Waals surface area contributed by atoms with E-state index in [-0.39, 0.29) is 5.91 Å². The van der Waals surface area contributed by atoms with Crippen molar-refractivity contribution in [1.82, 2.24) is 10.3 Å². The number of anilines is 1. The van der Waals surface area contributed by atoms with Crippen molar-refractivity contribution >= 4 is 32.6 Å². The van der Waals surface area contributed by atoms with Gasteiger partial charge in [0.2, 0.25) is 0 Å². The first kappa shape index (κ1) is 13.3. The lowest BCUT2D eigenvalue weighted by Gasteiger charge is -2.22. The lowest BCUT2D eigenvalue weighted by atomic mass is 10.0. The number of hydrogen-bond acceptors (Lipinski definition) is 5. The smallest absolute Gasteiger partial charge is 0.251 e. The van der Waals surface area contributed by atoms with Gasteiger partial charge in [-0.3, -0.25) is 4.79 Å². The summed E-state index contributed by atoms with van der Waals surface area (Å²) < 4.78 is 0.898. The van der Waals surface area contributed by atoms with Gasteiger partial charge < -0.3 is 16.2 Å². The highest BCUT2D eigenvalue weighted by Crippen LogP contribution is 2.29. The van der Waals surface area contributed by atoms with Crippen molar-refractivity contribution in [1.29, 1.82) is 0 Å². The number of thiazole rings is 1. The highest BCUT2D eigenvalue weighted by molar-refractivity contribution is 7.22. The lowest BCUT2D eigenvalue weighted by molar-refractivity contribution is 0.0450. The van der Waals surface area contributed by atoms with E-state index in [1.807, 2.05) is 0 Å². The maximum absolute atomic E-state index is 12.1. The number of nitrogens with one attached hydrogen (secondary N) is 1. The van der Waals surface area contributed by atoms with E-state index < -0.39 is 5.60 Å². The second-order valence-electron chi connectivity index (χ2n) is 5.35. The van der Waals surface area contributed by atoms with Crippen LogP contribution >= 0.6 is 11.3 Å². The molecule has 106 valence electrons. The van der Waals surface area contributed by atoms with Crippen LogP contribution in [0.4, 0.5) is 5.13 Å². The van der Waals surface area contributed by atoms with Crippen molar-refractivity contribution in [3.63, 3.8) is 0 Å². The van der Waals surface area contributed by atoms with Gasteiger partial charge in [-0.1, -0.05) is 24.2 Å². The van der Waals surface area contributed by atoms with Crippen LogP contribution in [0.1, 0.15) is 36.0 Å². The quantitative estimate of drug-likeness (QED) is 0.806. The predicted molar refractivity (Wildman–Crippen MR) is 79.8 cm³/mol. The number of rotatable bonds is 3. The second kappa shape index (κ2) is 5.03. The summed E-state index contributed by atoms with van der Waals surface area (Å²) in [7, 11) is 0. The van der Waals surface area contributed by atoms with Crippen molar-refractivity contribution in [2.75, 3.05) is 12.3 Å². The van der Waals surface area contributed by atoms with Gasteiger partial charge in [0, 0.05) is 12.1 Å². The van der Waals surface area contributed by atoms with Crippen LogP contribution in [-0.2, 0) is 0 Å². The monoisotopic (exact) mass is 291 g/mol. The summed E-state index contributed by atoms with van der Waals surface area (Å²) in [4.78, 5) is 16.3. The van der Waals surface area contributed by atoms with E-state index in [0.29, 0.717) is 17.2 Å². The molecule has 0 spiro atoms. The first-order chi connectivity index (χ1) is 9.56. The summed E-state index contributed by atoms with van der Waals surface area (Å²) in [5.41, 5.74) is 6.30. The summed E-state index contributed by atoms with van der Waals surface area (Å²) in [6, 6.07) is 5.31. The third-order valence-corrected chi connectivity index (χ3v) is 4.63. The van der Waals surface area contributed by atoms with Crippen LogP contribution in [0.3, 0.4) is 0 Å². The molecule has 1 heterocycles. The number of aliphatic hydroxyl groups is 1. The molecule has 1 aliphatic carbocycles. The van der Waals surface area contributed by atoms with Crippen molar-refractivity contribution < 1.29 is 9.90 Å². The molecule has 0 saturated heterocycles. The summed E-state index contributed by atoms with van der Waals surface area (Å²) in [6.45, 7) is 0.314. The predicted octanol–water partition coefficient (Wildman–Crippen LogP) is 1.91.